The largest absolute Gasteiger partial charge is 0.497 e. The van der Waals surface area contributed by atoms with Crippen molar-refractivity contribution in [3.8, 4) is 5.75 Å². The maximum Gasteiger partial charge on any atom is 0.286 e. The van der Waals surface area contributed by atoms with E-state index >= 15 is 0 Å². The molecule has 1 aromatic carbocycles. The molecule has 2 N–H and O–H groups in total. The minimum atomic E-state index is -0.422. The van der Waals surface area contributed by atoms with E-state index in [0.29, 0.717) is 43.4 Å². The van der Waals surface area contributed by atoms with Gasteiger partial charge in [0.15, 0.2) is 0 Å². The molecule has 4 rings (SSSR count). The predicted octanol–water partition coefficient (Wildman–Crippen LogP) is 2.71. The quantitative estimate of drug-likeness (QED) is 0.690. The summed E-state index contributed by atoms with van der Waals surface area (Å²) in [4.78, 5) is 39.4. The second-order valence-electron chi connectivity index (χ2n) is 8.15. The van der Waals surface area contributed by atoms with Crippen LogP contribution in [0, 0.1) is 5.92 Å². The highest BCUT2D eigenvalue weighted by molar-refractivity contribution is 7.15. The van der Waals surface area contributed by atoms with Gasteiger partial charge in [0.2, 0.25) is 15.9 Å². The van der Waals surface area contributed by atoms with Gasteiger partial charge in [-0.2, -0.15) is 0 Å². The number of benzene rings is 1. The van der Waals surface area contributed by atoms with Crippen LogP contribution in [-0.2, 0) is 4.79 Å². The fourth-order valence-corrected chi connectivity index (χ4v) is 4.84. The predicted molar refractivity (Wildman–Crippen MR) is 120 cm³/mol. The number of nitrogens with one attached hydrogen (secondary N) is 2. The lowest BCUT2D eigenvalue weighted by Gasteiger charge is -2.31. The molecule has 1 aliphatic heterocycles. The summed E-state index contributed by atoms with van der Waals surface area (Å²) in [5.74, 6) is 0.0681. The maximum atomic E-state index is 12.8. The van der Waals surface area contributed by atoms with Crippen LogP contribution in [0.25, 0.3) is 0 Å². The number of carbonyl (C=O) groups excluding carboxylic acids is 3. The number of hydrogen-bond acceptors (Lipinski definition) is 7. The summed E-state index contributed by atoms with van der Waals surface area (Å²) in [6, 6.07) is 7.23. The molecule has 0 spiro atoms. The van der Waals surface area contributed by atoms with Crippen molar-refractivity contribution in [2.24, 2.45) is 5.92 Å². The van der Waals surface area contributed by atoms with E-state index in [1.807, 2.05) is 0 Å². The zero-order valence-corrected chi connectivity index (χ0v) is 18.8. The Morgan fingerprint density at radius 2 is 1.66 bits per heavy atom. The molecular weight excluding hydrogens is 430 g/mol. The number of aromatic nitrogens is 2. The van der Waals surface area contributed by atoms with Crippen molar-refractivity contribution in [3.05, 3.63) is 34.3 Å². The van der Waals surface area contributed by atoms with Gasteiger partial charge in [-0.3, -0.25) is 14.4 Å². The highest BCUT2D eigenvalue weighted by Crippen LogP contribution is 2.23. The SMILES string of the molecule is COc1ccc(NC(=O)c2nnc(C(=O)N3CCC(C(=O)NC4CCCC4)CC3)s2)cc1. The molecule has 0 bridgehead atoms. The van der Waals surface area contributed by atoms with Crippen molar-refractivity contribution in [1.82, 2.24) is 20.4 Å². The summed E-state index contributed by atoms with van der Waals surface area (Å²) >= 11 is 0.969. The molecule has 1 saturated carbocycles. The maximum absolute atomic E-state index is 12.8. The molecule has 0 unspecified atom stereocenters. The van der Waals surface area contributed by atoms with E-state index in [-0.39, 0.29) is 27.7 Å². The Bertz CT molecular complexity index is 963. The first-order valence-corrected chi connectivity index (χ1v) is 11.7. The van der Waals surface area contributed by atoms with E-state index in [1.165, 1.54) is 12.8 Å². The molecule has 2 fully saturated rings. The minimum Gasteiger partial charge on any atom is -0.497 e. The second kappa shape index (κ2) is 10.1. The number of hydrogen-bond donors (Lipinski definition) is 2. The Kier molecular flexibility index (Phi) is 6.99. The minimum absolute atomic E-state index is 0.0556. The summed E-state index contributed by atoms with van der Waals surface area (Å²) in [7, 11) is 1.57. The molecule has 1 aliphatic carbocycles. The number of likely N-dealkylation sites (tertiary alicyclic amines) is 1. The molecule has 9 nitrogen and oxygen atoms in total. The van der Waals surface area contributed by atoms with Gasteiger partial charge in [0.25, 0.3) is 11.8 Å². The van der Waals surface area contributed by atoms with Crippen molar-refractivity contribution < 1.29 is 19.1 Å². The van der Waals surface area contributed by atoms with Crippen LogP contribution in [0.15, 0.2) is 24.3 Å². The lowest BCUT2D eigenvalue weighted by molar-refractivity contribution is -0.127. The molecule has 1 saturated heterocycles. The van der Waals surface area contributed by atoms with Gasteiger partial charge in [0, 0.05) is 30.7 Å². The van der Waals surface area contributed by atoms with Crippen LogP contribution in [0.4, 0.5) is 5.69 Å². The van der Waals surface area contributed by atoms with E-state index in [2.05, 4.69) is 20.8 Å². The van der Waals surface area contributed by atoms with Gasteiger partial charge < -0.3 is 20.3 Å². The van der Waals surface area contributed by atoms with Gasteiger partial charge in [-0.05, 0) is 49.9 Å². The number of carbonyl (C=O) groups is 3. The highest BCUT2D eigenvalue weighted by Gasteiger charge is 2.31. The van der Waals surface area contributed by atoms with Crippen molar-refractivity contribution >= 4 is 34.7 Å². The fraction of sp³-hybridized carbons (Fsp3) is 0.500. The topological polar surface area (TPSA) is 114 Å². The van der Waals surface area contributed by atoms with E-state index in [9.17, 15) is 14.4 Å². The number of nitrogens with zero attached hydrogens (tertiary/aromatic N) is 3. The molecule has 2 heterocycles. The molecule has 10 heteroatoms. The lowest BCUT2D eigenvalue weighted by Crippen LogP contribution is -2.44. The summed E-state index contributed by atoms with van der Waals surface area (Å²) < 4.78 is 5.10. The summed E-state index contributed by atoms with van der Waals surface area (Å²) in [6.45, 7) is 0.989. The third-order valence-corrected chi connectivity index (χ3v) is 6.91. The van der Waals surface area contributed by atoms with Crippen LogP contribution in [0.1, 0.15) is 58.1 Å². The first kappa shape index (κ1) is 22.2. The van der Waals surface area contributed by atoms with E-state index in [4.69, 9.17) is 4.74 Å². The average molecular weight is 458 g/mol. The summed E-state index contributed by atoms with van der Waals surface area (Å²) in [6.07, 6.45) is 5.75. The van der Waals surface area contributed by atoms with Gasteiger partial charge in [-0.15, -0.1) is 10.2 Å². The van der Waals surface area contributed by atoms with Crippen LogP contribution in [0.2, 0.25) is 0 Å². The first-order valence-electron chi connectivity index (χ1n) is 10.9. The van der Waals surface area contributed by atoms with Crippen LogP contribution < -0.4 is 15.4 Å². The molecule has 170 valence electrons. The lowest BCUT2D eigenvalue weighted by atomic mass is 9.95. The second-order valence-corrected chi connectivity index (χ2v) is 9.13. The molecule has 2 aromatic rings. The van der Waals surface area contributed by atoms with Crippen LogP contribution in [0.5, 0.6) is 5.75 Å². The molecule has 3 amide bonds. The van der Waals surface area contributed by atoms with Crippen molar-refractivity contribution in [1.29, 1.82) is 0 Å². The average Bonchev–Trinajstić information content (AvgIpc) is 3.52. The van der Waals surface area contributed by atoms with Crippen LogP contribution in [-0.4, -0.2) is 59.1 Å². The van der Waals surface area contributed by atoms with Crippen LogP contribution in [0.3, 0.4) is 0 Å². The van der Waals surface area contributed by atoms with Gasteiger partial charge >= 0.3 is 0 Å². The fourth-order valence-electron chi connectivity index (χ4n) is 4.13. The molecule has 0 radical (unpaired) electrons. The Hall–Kier alpha value is -3.01. The molecule has 2 aliphatic rings. The number of piperidine rings is 1. The summed E-state index contributed by atoms with van der Waals surface area (Å²) in [5.41, 5.74) is 0.594. The van der Waals surface area contributed by atoms with Crippen molar-refractivity contribution in [3.63, 3.8) is 0 Å². The normalized spacial score (nSPS) is 17.2. The zero-order chi connectivity index (χ0) is 22.5. The zero-order valence-electron chi connectivity index (χ0n) is 18.0. The monoisotopic (exact) mass is 457 g/mol. The number of anilines is 1. The number of ether oxygens (including phenoxy) is 1. The third kappa shape index (κ3) is 5.24. The van der Waals surface area contributed by atoms with E-state index in [0.717, 1.165) is 24.2 Å². The van der Waals surface area contributed by atoms with E-state index in [1.54, 1.807) is 36.3 Å². The molecule has 0 atom stereocenters. The Morgan fingerprint density at radius 3 is 2.31 bits per heavy atom. The van der Waals surface area contributed by atoms with E-state index < -0.39 is 5.91 Å². The number of methoxy groups -OCH3 is 1. The highest BCUT2D eigenvalue weighted by atomic mass is 32.1. The molecular formula is C22H27N5O4S. The summed E-state index contributed by atoms with van der Waals surface area (Å²) in [5, 5.41) is 14.0. The smallest absolute Gasteiger partial charge is 0.286 e. The first-order chi connectivity index (χ1) is 15.5. The number of rotatable bonds is 6. The third-order valence-electron chi connectivity index (χ3n) is 6.00. The van der Waals surface area contributed by atoms with Gasteiger partial charge in [-0.25, -0.2) is 0 Å². The van der Waals surface area contributed by atoms with Crippen LogP contribution >= 0.6 is 11.3 Å². The molecule has 32 heavy (non-hydrogen) atoms. The Morgan fingerprint density at radius 1 is 1.00 bits per heavy atom. The molecule has 1 aromatic heterocycles. The Labute approximate surface area is 190 Å². The van der Waals surface area contributed by atoms with Crippen molar-refractivity contribution in [2.75, 3.05) is 25.5 Å². The van der Waals surface area contributed by atoms with Crippen molar-refractivity contribution in [2.45, 2.75) is 44.6 Å². The number of amides is 3. The standard InChI is InChI=1S/C22H27N5O4S/c1-31-17-8-6-16(7-9-17)24-19(29)20-25-26-21(32-20)22(30)27-12-10-14(11-13-27)18(28)23-15-4-2-3-5-15/h6-9,14-15H,2-5,10-13H2,1H3,(H,23,28)(H,24,29). The Balaban J connectivity index is 1.28. The van der Waals surface area contributed by atoms with Gasteiger partial charge in [0.05, 0.1) is 7.11 Å². The van der Waals surface area contributed by atoms with Gasteiger partial charge in [0.1, 0.15) is 5.75 Å². The van der Waals surface area contributed by atoms with Gasteiger partial charge in [-0.1, -0.05) is 24.2 Å².